The van der Waals surface area contributed by atoms with E-state index in [2.05, 4.69) is 6.07 Å². The molecule has 0 radical (unpaired) electrons. The van der Waals surface area contributed by atoms with Gasteiger partial charge in [-0.05, 0) is 36.4 Å². The van der Waals surface area contributed by atoms with E-state index in [1.54, 1.807) is 24.3 Å². The Kier molecular flexibility index (Phi) is 4.82. The molecule has 0 N–H and O–H groups in total. The first-order chi connectivity index (χ1) is 9.28. The maximum atomic E-state index is 12.9. The second-order valence-corrected chi connectivity index (χ2v) is 4.96. The lowest BCUT2D eigenvalue weighted by Crippen LogP contribution is -2.00. The van der Waals surface area contributed by atoms with Gasteiger partial charge in [0.15, 0.2) is 0 Å². The fraction of sp³-hybridized carbons (Fsp3) is 0.133. The molecule has 0 fully saturated rings. The first kappa shape index (κ1) is 13.4. The predicted molar refractivity (Wildman–Crippen MR) is 73.8 cm³/mol. The summed E-state index contributed by atoms with van der Waals surface area (Å²) < 4.78 is 18.5. The Morgan fingerprint density at radius 3 is 2.79 bits per heavy atom. The van der Waals surface area contributed by atoms with Crippen LogP contribution in [-0.4, -0.2) is 12.4 Å². The summed E-state index contributed by atoms with van der Waals surface area (Å²) in [6.45, 7) is 0.510. The van der Waals surface area contributed by atoms with E-state index in [4.69, 9.17) is 10.00 Å². The summed E-state index contributed by atoms with van der Waals surface area (Å²) in [7, 11) is 0. The molecule has 2 rings (SSSR count). The van der Waals surface area contributed by atoms with Crippen molar-refractivity contribution in [3.63, 3.8) is 0 Å². The second-order valence-electron chi connectivity index (χ2n) is 3.79. The Hall–Kier alpha value is -1.99. The first-order valence-corrected chi connectivity index (χ1v) is 6.78. The lowest BCUT2D eigenvalue weighted by molar-refractivity contribution is 0.344. The molecule has 2 aromatic rings. The van der Waals surface area contributed by atoms with Gasteiger partial charge in [-0.25, -0.2) is 4.39 Å². The van der Waals surface area contributed by atoms with E-state index in [9.17, 15) is 4.39 Å². The molecule has 0 aliphatic heterocycles. The second kappa shape index (κ2) is 6.81. The number of thioether (sulfide) groups is 1. The number of hydrogen-bond donors (Lipinski definition) is 0. The fourth-order valence-electron chi connectivity index (χ4n) is 1.53. The highest BCUT2D eigenvalue weighted by Gasteiger charge is 1.98. The molecule has 0 aromatic heterocycles. The van der Waals surface area contributed by atoms with Crippen molar-refractivity contribution in [3.8, 4) is 11.8 Å². The monoisotopic (exact) mass is 273 g/mol. The van der Waals surface area contributed by atoms with Crippen LogP contribution >= 0.6 is 11.8 Å². The lowest BCUT2D eigenvalue weighted by Gasteiger charge is -2.06. The van der Waals surface area contributed by atoms with E-state index in [0.29, 0.717) is 17.9 Å². The molecule has 0 spiro atoms. The molecule has 2 nitrogen and oxygen atoms in total. The first-order valence-electron chi connectivity index (χ1n) is 5.79. The van der Waals surface area contributed by atoms with Gasteiger partial charge in [0.05, 0.1) is 18.2 Å². The van der Waals surface area contributed by atoms with Crippen molar-refractivity contribution < 1.29 is 9.13 Å². The van der Waals surface area contributed by atoms with E-state index < -0.39 is 0 Å². The SMILES string of the molecule is N#Cc1cccc(OCCSc2cccc(F)c2)c1. The molecule has 0 saturated heterocycles. The number of halogens is 1. The maximum absolute atomic E-state index is 12.9. The average molecular weight is 273 g/mol. The molecule has 0 saturated carbocycles. The van der Waals surface area contributed by atoms with Gasteiger partial charge >= 0.3 is 0 Å². The van der Waals surface area contributed by atoms with Gasteiger partial charge < -0.3 is 4.74 Å². The number of nitriles is 1. The smallest absolute Gasteiger partial charge is 0.124 e. The minimum atomic E-state index is -0.229. The van der Waals surface area contributed by atoms with E-state index in [-0.39, 0.29) is 5.82 Å². The highest BCUT2D eigenvalue weighted by molar-refractivity contribution is 7.99. The van der Waals surface area contributed by atoms with Crippen LogP contribution in [0.25, 0.3) is 0 Å². The Balaban J connectivity index is 1.79. The third kappa shape index (κ3) is 4.31. The van der Waals surface area contributed by atoms with Crippen LogP contribution in [0.4, 0.5) is 4.39 Å². The zero-order valence-corrected chi connectivity index (χ0v) is 11.0. The average Bonchev–Trinajstić information content (AvgIpc) is 2.44. The van der Waals surface area contributed by atoms with Gasteiger partial charge in [-0.3, -0.25) is 0 Å². The molecule has 0 heterocycles. The molecule has 0 aliphatic carbocycles. The molecular weight excluding hydrogens is 261 g/mol. The van der Waals surface area contributed by atoms with Crippen molar-refractivity contribution in [2.75, 3.05) is 12.4 Å². The highest BCUT2D eigenvalue weighted by Crippen LogP contribution is 2.19. The van der Waals surface area contributed by atoms with Crippen molar-refractivity contribution in [1.82, 2.24) is 0 Å². The van der Waals surface area contributed by atoms with Gasteiger partial charge in [0.2, 0.25) is 0 Å². The summed E-state index contributed by atoms with van der Waals surface area (Å²) in [5.41, 5.74) is 0.579. The largest absolute Gasteiger partial charge is 0.493 e. The van der Waals surface area contributed by atoms with Crippen LogP contribution in [-0.2, 0) is 0 Å². The molecule has 19 heavy (non-hydrogen) atoms. The number of nitrogens with zero attached hydrogens (tertiary/aromatic N) is 1. The van der Waals surface area contributed by atoms with Crippen LogP contribution in [0.15, 0.2) is 53.4 Å². The predicted octanol–water partition coefficient (Wildman–Crippen LogP) is 3.87. The minimum Gasteiger partial charge on any atom is -0.493 e. The van der Waals surface area contributed by atoms with Gasteiger partial charge in [-0.15, -0.1) is 11.8 Å². The maximum Gasteiger partial charge on any atom is 0.124 e. The Morgan fingerprint density at radius 2 is 2.00 bits per heavy atom. The van der Waals surface area contributed by atoms with Crippen molar-refractivity contribution in [2.45, 2.75) is 4.90 Å². The third-order valence-corrected chi connectivity index (χ3v) is 3.34. The van der Waals surface area contributed by atoms with Crippen molar-refractivity contribution in [3.05, 3.63) is 59.9 Å². The van der Waals surface area contributed by atoms with Gasteiger partial charge in [-0.1, -0.05) is 12.1 Å². The normalized spacial score (nSPS) is 9.89. The number of ether oxygens (including phenoxy) is 1. The van der Waals surface area contributed by atoms with Crippen molar-refractivity contribution in [2.24, 2.45) is 0 Å². The molecule has 0 bridgehead atoms. The molecule has 96 valence electrons. The van der Waals surface area contributed by atoms with Gasteiger partial charge in [-0.2, -0.15) is 5.26 Å². The van der Waals surface area contributed by atoms with Gasteiger partial charge in [0, 0.05) is 10.6 Å². The zero-order valence-electron chi connectivity index (χ0n) is 10.2. The van der Waals surface area contributed by atoms with Crippen LogP contribution in [0, 0.1) is 17.1 Å². The van der Waals surface area contributed by atoms with Gasteiger partial charge in [0.25, 0.3) is 0 Å². The molecule has 0 atom stereocenters. The lowest BCUT2D eigenvalue weighted by atomic mass is 10.2. The molecule has 4 heteroatoms. The summed E-state index contributed by atoms with van der Waals surface area (Å²) >= 11 is 1.53. The van der Waals surface area contributed by atoms with E-state index in [1.165, 1.54) is 23.9 Å². The summed E-state index contributed by atoms with van der Waals surface area (Å²) in [6.07, 6.45) is 0. The Labute approximate surface area is 115 Å². The fourth-order valence-corrected chi connectivity index (χ4v) is 2.30. The third-order valence-electron chi connectivity index (χ3n) is 2.38. The van der Waals surface area contributed by atoms with E-state index >= 15 is 0 Å². The number of benzene rings is 2. The van der Waals surface area contributed by atoms with Crippen molar-refractivity contribution in [1.29, 1.82) is 5.26 Å². The summed E-state index contributed by atoms with van der Waals surface area (Å²) in [5, 5.41) is 8.76. The summed E-state index contributed by atoms with van der Waals surface area (Å²) in [4.78, 5) is 0.884. The number of rotatable bonds is 5. The zero-order chi connectivity index (χ0) is 13.5. The topological polar surface area (TPSA) is 33.0 Å². The minimum absolute atomic E-state index is 0.229. The van der Waals surface area contributed by atoms with Crippen molar-refractivity contribution >= 4 is 11.8 Å². The van der Waals surface area contributed by atoms with Crippen LogP contribution in [0.1, 0.15) is 5.56 Å². The van der Waals surface area contributed by atoms with Gasteiger partial charge in [0.1, 0.15) is 11.6 Å². The van der Waals surface area contributed by atoms with Crippen LogP contribution in [0.3, 0.4) is 0 Å². The quantitative estimate of drug-likeness (QED) is 0.612. The number of hydrogen-bond acceptors (Lipinski definition) is 3. The Bertz CT molecular complexity index is 595. The highest BCUT2D eigenvalue weighted by atomic mass is 32.2. The standard InChI is InChI=1S/C15H12FNOS/c16-13-4-2-6-15(10-13)19-8-7-18-14-5-1-3-12(9-14)11-17/h1-6,9-10H,7-8H2. The van der Waals surface area contributed by atoms with Crippen LogP contribution in [0.2, 0.25) is 0 Å². The van der Waals surface area contributed by atoms with E-state index in [0.717, 1.165) is 10.6 Å². The summed E-state index contributed by atoms with van der Waals surface area (Å²) in [5.74, 6) is 1.17. The molecule has 2 aromatic carbocycles. The molecule has 0 unspecified atom stereocenters. The molecule has 0 amide bonds. The Morgan fingerprint density at radius 1 is 1.16 bits per heavy atom. The summed E-state index contributed by atoms with van der Waals surface area (Å²) in [6, 6.07) is 15.6. The molecular formula is C15H12FNOS. The van der Waals surface area contributed by atoms with Crippen LogP contribution < -0.4 is 4.74 Å². The van der Waals surface area contributed by atoms with Crippen LogP contribution in [0.5, 0.6) is 5.75 Å². The molecule has 0 aliphatic rings. The van der Waals surface area contributed by atoms with E-state index in [1.807, 2.05) is 12.1 Å².